The molecule has 1 saturated carbocycles. The lowest BCUT2D eigenvalue weighted by Gasteiger charge is -2.15. The summed E-state index contributed by atoms with van der Waals surface area (Å²) in [5, 5.41) is 17.2. The maximum absolute atomic E-state index is 11.2. The molecular formula is C24H26ClN3O4. The summed E-state index contributed by atoms with van der Waals surface area (Å²) in [5.74, 6) is 0.519. The molecule has 7 nitrogen and oxygen atoms in total. The molecule has 32 heavy (non-hydrogen) atoms. The number of rotatable bonds is 7. The number of ether oxygens (including phenoxy) is 1. The summed E-state index contributed by atoms with van der Waals surface area (Å²) in [6.45, 7) is 5.87. The highest BCUT2D eigenvalue weighted by atomic mass is 35.5. The van der Waals surface area contributed by atoms with E-state index in [1.165, 1.54) is 0 Å². The van der Waals surface area contributed by atoms with Crippen molar-refractivity contribution in [3.63, 3.8) is 0 Å². The van der Waals surface area contributed by atoms with Crippen LogP contribution in [0.3, 0.4) is 0 Å². The summed E-state index contributed by atoms with van der Waals surface area (Å²) < 4.78 is 11.2. The molecule has 0 bridgehead atoms. The molecular weight excluding hydrogens is 430 g/mol. The van der Waals surface area contributed by atoms with E-state index in [1.807, 2.05) is 45.0 Å². The molecule has 4 rings (SSSR count). The van der Waals surface area contributed by atoms with Gasteiger partial charge in [-0.3, -0.25) is 4.79 Å². The maximum Gasteiger partial charge on any atom is 0.306 e. The molecule has 0 radical (unpaired) electrons. The first-order chi connectivity index (χ1) is 15.3. The lowest BCUT2D eigenvalue weighted by Crippen LogP contribution is -2.17. The van der Waals surface area contributed by atoms with Crippen molar-refractivity contribution in [2.24, 2.45) is 5.92 Å². The number of hydrogen-bond acceptors (Lipinski definition) is 6. The third-order valence-electron chi connectivity index (χ3n) is 5.59. The van der Waals surface area contributed by atoms with Crippen LogP contribution in [0.2, 0.25) is 5.02 Å². The first-order valence-corrected chi connectivity index (χ1v) is 11.1. The molecule has 8 heteroatoms. The van der Waals surface area contributed by atoms with Crippen molar-refractivity contribution in [2.45, 2.75) is 52.2 Å². The number of carboxylic acids is 1. The molecule has 3 aromatic rings. The highest BCUT2D eigenvalue weighted by Crippen LogP contribution is 2.33. The maximum atomic E-state index is 11.2. The Morgan fingerprint density at radius 1 is 1.25 bits per heavy atom. The SMILES string of the molecule is Cc1cc(NC2CC[C@@H](C(=O)O)C2)ccc1-c1nc(-c2ccc(OC(C)C)c(Cl)c2)no1. The zero-order valence-corrected chi connectivity index (χ0v) is 19.0. The van der Waals surface area contributed by atoms with Crippen LogP contribution in [-0.2, 0) is 4.79 Å². The topological polar surface area (TPSA) is 97.5 Å². The zero-order chi connectivity index (χ0) is 22.8. The number of carbonyl (C=O) groups is 1. The minimum absolute atomic E-state index is 0.0304. The number of halogens is 1. The number of hydrogen-bond donors (Lipinski definition) is 2. The Labute approximate surface area is 191 Å². The Hall–Kier alpha value is -3.06. The molecule has 168 valence electrons. The van der Waals surface area contributed by atoms with Crippen LogP contribution in [-0.4, -0.2) is 33.4 Å². The third kappa shape index (κ3) is 4.88. The van der Waals surface area contributed by atoms with E-state index in [1.54, 1.807) is 12.1 Å². The second-order valence-corrected chi connectivity index (χ2v) is 8.86. The number of carboxylic acid groups (broad SMARTS) is 1. The molecule has 0 saturated heterocycles. The number of aromatic nitrogens is 2. The van der Waals surface area contributed by atoms with Gasteiger partial charge in [-0.05, 0) is 82.0 Å². The van der Waals surface area contributed by atoms with Gasteiger partial charge in [-0.1, -0.05) is 16.8 Å². The molecule has 0 aliphatic heterocycles. The molecule has 1 aliphatic rings. The largest absolute Gasteiger partial charge is 0.489 e. The second-order valence-electron chi connectivity index (χ2n) is 8.45. The first kappa shape index (κ1) is 22.1. The molecule has 2 atom stereocenters. The van der Waals surface area contributed by atoms with Crippen LogP contribution in [0.4, 0.5) is 5.69 Å². The Kier molecular flexibility index (Phi) is 6.37. The first-order valence-electron chi connectivity index (χ1n) is 10.7. The second kappa shape index (κ2) is 9.20. The summed E-state index contributed by atoms with van der Waals surface area (Å²) in [4.78, 5) is 15.7. The number of aliphatic carboxylic acids is 1. The number of anilines is 1. The van der Waals surface area contributed by atoms with E-state index in [2.05, 4.69) is 15.5 Å². The molecule has 1 unspecified atom stereocenters. The third-order valence-corrected chi connectivity index (χ3v) is 5.88. The predicted molar refractivity (Wildman–Crippen MR) is 123 cm³/mol. The van der Waals surface area contributed by atoms with Gasteiger partial charge >= 0.3 is 5.97 Å². The van der Waals surface area contributed by atoms with Gasteiger partial charge in [-0.25, -0.2) is 0 Å². The molecule has 1 aromatic heterocycles. The van der Waals surface area contributed by atoms with Gasteiger partial charge in [0.2, 0.25) is 5.82 Å². The van der Waals surface area contributed by atoms with Crippen LogP contribution in [0.25, 0.3) is 22.8 Å². The Morgan fingerprint density at radius 3 is 2.72 bits per heavy atom. The summed E-state index contributed by atoms with van der Waals surface area (Å²) in [5.41, 5.74) is 3.52. The van der Waals surface area contributed by atoms with Gasteiger partial charge in [0.15, 0.2) is 0 Å². The smallest absolute Gasteiger partial charge is 0.306 e. The van der Waals surface area contributed by atoms with E-state index < -0.39 is 5.97 Å². The normalized spacial score (nSPS) is 18.2. The number of nitrogens with one attached hydrogen (secondary N) is 1. The van der Waals surface area contributed by atoms with Crippen molar-refractivity contribution in [2.75, 3.05) is 5.32 Å². The minimum Gasteiger partial charge on any atom is -0.489 e. The molecule has 1 fully saturated rings. The quantitative estimate of drug-likeness (QED) is 0.463. The van der Waals surface area contributed by atoms with E-state index >= 15 is 0 Å². The van der Waals surface area contributed by atoms with Gasteiger partial charge in [0.05, 0.1) is 17.0 Å². The highest BCUT2D eigenvalue weighted by molar-refractivity contribution is 6.32. The Bertz CT molecular complexity index is 1130. The fourth-order valence-corrected chi connectivity index (χ4v) is 4.23. The van der Waals surface area contributed by atoms with Gasteiger partial charge in [-0.2, -0.15) is 4.98 Å². The lowest BCUT2D eigenvalue weighted by molar-refractivity contribution is -0.141. The van der Waals surface area contributed by atoms with Crippen LogP contribution in [0, 0.1) is 12.8 Å². The fourth-order valence-electron chi connectivity index (χ4n) is 4.01. The highest BCUT2D eigenvalue weighted by Gasteiger charge is 2.29. The molecule has 0 spiro atoms. The predicted octanol–water partition coefficient (Wildman–Crippen LogP) is 5.82. The summed E-state index contributed by atoms with van der Waals surface area (Å²) in [6, 6.07) is 11.5. The number of nitrogens with zero attached hydrogens (tertiary/aromatic N) is 2. The standard InChI is InChI=1S/C24H26ClN3O4/c1-13(2)31-21-9-5-15(12-20(21)25)22-27-23(32-28-22)19-8-7-17(10-14(19)3)26-18-6-4-16(11-18)24(29)30/h5,7-10,12-13,16,18,26H,4,6,11H2,1-3H3,(H,29,30)/t16-,18?/m1/s1. The number of benzene rings is 2. The summed E-state index contributed by atoms with van der Waals surface area (Å²) >= 11 is 6.34. The van der Waals surface area contributed by atoms with Crippen molar-refractivity contribution in [3.8, 4) is 28.6 Å². The average Bonchev–Trinajstić information content (AvgIpc) is 3.39. The van der Waals surface area contributed by atoms with Crippen LogP contribution in [0.1, 0.15) is 38.7 Å². The van der Waals surface area contributed by atoms with Crippen LogP contribution < -0.4 is 10.1 Å². The minimum atomic E-state index is -0.712. The van der Waals surface area contributed by atoms with Crippen molar-refractivity contribution >= 4 is 23.3 Å². The molecule has 0 amide bonds. The van der Waals surface area contributed by atoms with Crippen LogP contribution in [0.15, 0.2) is 40.9 Å². The van der Waals surface area contributed by atoms with Gasteiger partial charge < -0.3 is 19.7 Å². The molecule has 2 N–H and O–H groups in total. The fraction of sp³-hybridized carbons (Fsp3) is 0.375. The average molecular weight is 456 g/mol. The van der Waals surface area contributed by atoms with Gasteiger partial charge in [0.25, 0.3) is 5.89 Å². The molecule has 1 aliphatic carbocycles. The van der Waals surface area contributed by atoms with E-state index in [4.69, 9.17) is 20.9 Å². The van der Waals surface area contributed by atoms with Gasteiger partial charge in [-0.15, -0.1) is 0 Å². The van der Waals surface area contributed by atoms with Crippen molar-refractivity contribution in [1.29, 1.82) is 0 Å². The van der Waals surface area contributed by atoms with Crippen molar-refractivity contribution in [3.05, 3.63) is 47.0 Å². The van der Waals surface area contributed by atoms with E-state index in [0.717, 1.165) is 28.8 Å². The Morgan fingerprint density at radius 2 is 2.06 bits per heavy atom. The van der Waals surface area contributed by atoms with Crippen molar-refractivity contribution in [1.82, 2.24) is 10.1 Å². The molecule has 2 aromatic carbocycles. The monoisotopic (exact) mass is 455 g/mol. The van der Waals surface area contributed by atoms with E-state index in [0.29, 0.717) is 35.3 Å². The zero-order valence-electron chi connectivity index (χ0n) is 18.3. The van der Waals surface area contributed by atoms with Gasteiger partial charge in [0.1, 0.15) is 5.75 Å². The lowest BCUT2D eigenvalue weighted by atomic mass is 10.1. The van der Waals surface area contributed by atoms with Crippen molar-refractivity contribution < 1.29 is 19.2 Å². The summed E-state index contributed by atoms with van der Waals surface area (Å²) in [6.07, 6.45) is 2.24. The van der Waals surface area contributed by atoms with E-state index in [-0.39, 0.29) is 18.1 Å². The van der Waals surface area contributed by atoms with Crippen LogP contribution in [0.5, 0.6) is 5.75 Å². The Balaban J connectivity index is 1.48. The van der Waals surface area contributed by atoms with Crippen LogP contribution >= 0.6 is 11.6 Å². The van der Waals surface area contributed by atoms with Gasteiger partial charge in [0, 0.05) is 22.9 Å². The summed E-state index contributed by atoms with van der Waals surface area (Å²) in [7, 11) is 0. The number of aryl methyl sites for hydroxylation is 1. The molecule has 1 heterocycles. The van der Waals surface area contributed by atoms with E-state index in [9.17, 15) is 9.90 Å².